The summed E-state index contributed by atoms with van der Waals surface area (Å²) in [6.07, 6.45) is 1.67. The molecule has 30 heavy (non-hydrogen) atoms. The van der Waals surface area contributed by atoms with Crippen molar-refractivity contribution >= 4 is 28.8 Å². The fraction of sp³-hybridized carbons (Fsp3) is 0.304. The minimum atomic E-state index is 0.0459. The molecule has 4 rings (SSSR count). The van der Waals surface area contributed by atoms with Crippen LogP contribution in [0.3, 0.4) is 0 Å². The van der Waals surface area contributed by atoms with Crippen LogP contribution in [0.15, 0.2) is 54.7 Å². The van der Waals surface area contributed by atoms with Gasteiger partial charge < -0.3 is 20.3 Å². The summed E-state index contributed by atoms with van der Waals surface area (Å²) in [6.45, 7) is 7.97. The average Bonchev–Trinajstić information content (AvgIpc) is 2.77. The first-order valence-electron chi connectivity index (χ1n) is 10.2. The summed E-state index contributed by atoms with van der Waals surface area (Å²) in [4.78, 5) is 11.4. The van der Waals surface area contributed by atoms with Gasteiger partial charge in [-0.15, -0.1) is 0 Å². The zero-order valence-corrected chi connectivity index (χ0v) is 18.0. The van der Waals surface area contributed by atoms with Crippen LogP contribution < -0.4 is 20.3 Å². The van der Waals surface area contributed by atoms with E-state index in [1.807, 2.05) is 50.2 Å². The highest BCUT2D eigenvalue weighted by molar-refractivity contribution is 6.32. The van der Waals surface area contributed by atoms with Gasteiger partial charge in [0.1, 0.15) is 10.8 Å². The molecule has 1 aromatic heterocycles. The van der Waals surface area contributed by atoms with E-state index in [9.17, 15) is 0 Å². The van der Waals surface area contributed by atoms with Gasteiger partial charge in [0.15, 0.2) is 11.6 Å². The van der Waals surface area contributed by atoms with Crippen molar-refractivity contribution in [2.75, 3.05) is 36.4 Å². The fourth-order valence-electron chi connectivity index (χ4n) is 3.39. The molecule has 156 valence electrons. The molecule has 2 N–H and O–H groups in total. The Morgan fingerprint density at radius 2 is 1.87 bits per heavy atom. The molecule has 0 radical (unpaired) electrons. The zero-order chi connectivity index (χ0) is 20.9. The number of ether oxygens (including phenoxy) is 1. The van der Waals surface area contributed by atoms with Crippen LogP contribution in [0, 0.1) is 0 Å². The van der Waals surface area contributed by atoms with E-state index in [0.29, 0.717) is 16.7 Å². The van der Waals surface area contributed by atoms with Crippen molar-refractivity contribution in [3.8, 4) is 17.1 Å². The molecule has 7 heteroatoms. The lowest BCUT2D eigenvalue weighted by Gasteiger charge is -2.30. The first kappa shape index (κ1) is 20.4. The summed E-state index contributed by atoms with van der Waals surface area (Å²) < 4.78 is 6.11. The molecule has 2 aromatic carbocycles. The molecule has 0 spiro atoms. The minimum Gasteiger partial charge on any atom is -0.489 e. The van der Waals surface area contributed by atoms with Gasteiger partial charge in [-0.3, -0.25) is 0 Å². The molecule has 0 saturated carbocycles. The van der Waals surface area contributed by atoms with E-state index in [-0.39, 0.29) is 6.10 Å². The Morgan fingerprint density at radius 3 is 2.60 bits per heavy atom. The van der Waals surface area contributed by atoms with Gasteiger partial charge in [-0.25, -0.2) is 9.97 Å². The molecular formula is C23H26ClN5O. The van der Waals surface area contributed by atoms with E-state index in [1.54, 1.807) is 6.20 Å². The maximum atomic E-state index is 6.40. The summed E-state index contributed by atoms with van der Waals surface area (Å²) >= 11 is 6.40. The first-order chi connectivity index (χ1) is 14.6. The van der Waals surface area contributed by atoms with Crippen LogP contribution >= 0.6 is 11.6 Å². The van der Waals surface area contributed by atoms with E-state index in [1.165, 1.54) is 0 Å². The second kappa shape index (κ2) is 9.32. The van der Waals surface area contributed by atoms with Crippen LogP contribution in [0.2, 0.25) is 5.02 Å². The van der Waals surface area contributed by atoms with Crippen molar-refractivity contribution in [1.29, 1.82) is 0 Å². The highest BCUT2D eigenvalue weighted by Gasteiger charge is 2.16. The zero-order valence-electron chi connectivity index (χ0n) is 17.2. The van der Waals surface area contributed by atoms with Gasteiger partial charge in [0.05, 0.1) is 18.0 Å². The molecule has 1 aliphatic heterocycles. The molecule has 0 unspecified atom stereocenters. The second-order valence-corrected chi connectivity index (χ2v) is 7.87. The van der Waals surface area contributed by atoms with E-state index in [2.05, 4.69) is 37.6 Å². The maximum absolute atomic E-state index is 6.40. The van der Waals surface area contributed by atoms with Gasteiger partial charge >= 0.3 is 0 Å². The normalized spacial score (nSPS) is 14.1. The largest absolute Gasteiger partial charge is 0.489 e. The number of halogens is 1. The smallest absolute Gasteiger partial charge is 0.161 e. The predicted molar refractivity (Wildman–Crippen MR) is 123 cm³/mol. The number of hydrogen-bond donors (Lipinski definition) is 2. The molecule has 0 atom stereocenters. The highest BCUT2D eigenvalue weighted by Crippen LogP contribution is 2.35. The monoisotopic (exact) mass is 423 g/mol. The van der Waals surface area contributed by atoms with Gasteiger partial charge in [0.25, 0.3) is 0 Å². The molecule has 3 aromatic rings. The first-order valence-corrected chi connectivity index (χ1v) is 10.6. The van der Waals surface area contributed by atoms with E-state index >= 15 is 0 Å². The van der Waals surface area contributed by atoms with Crippen molar-refractivity contribution < 1.29 is 4.74 Å². The Bertz CT molecular complexity index is 990. The van der Waals surface area contributed by atoms with Crippen molar-refractivity contribution in [2.24, 2.45) is 0 Å². The van der Waals surface area contributed by atoms with Crippen molar-refractivity contribution in [3.05, 3.63) is 59.8 Å². The summed E-state index contributed by atoms with van der Waals surface area (Å²) in [7, 11) is 0. The standard InChI is InChI=1S/C23H26ClN5O/c1-16(2)30-21-14-18(29-12-10-25-11-13-29)8-9-20(21)27-23-19(24)15-26-22(28-23)17-6-4-3-5-7-17/h3-9,14-16,25H,10-13H2,1-2H3,(H,26,27,28). The Hall–Kier alpha value is -2.83. The molecule has 0 aliphatic carbocycles. The topological polar surface area (TPSA) is 62.3 Å². The van der Waals surface area contributed by atoms with Crippen LogP contribution in [0.1, 0.15) is 13.8 Å². The number of hydrogen-bond acceptors (Lipinski definition) is 6. The number of rotatable bonds is 6. The van der Waals surface area contributed by atoms with E-state index < -0.39 is 0 Å². The highest BCUT2D eigenvalue weighted by atomic mass is 35.5. The third kappa shape index (κ3) is 4.83. The SMILES string of the molecule is CC(C)Oc1cc(N2CCNCC2)ccc1Nc1nc(-c2ccccc2)ncc1Cl. The van der Waals surface area contributed by atoms with E-state index in [4.69, 9.17) is 16.3 Å². The molecule has 2 heterocycles. The van der Waals surface area contributed by atoms with Gasteiger partial charge in [-0.2, -0.15) is 0 Å². The predicted octanol–water partition coefficient (Wildman–Crippen LogP) is 4.74. The average molecular weight is 424 g/mol. The molecule has 1 fully saturated rings. The Morgan fingerprint density at radius 1 is 1.10 bits per heavy atom. The summed E-state index contributed by atoms with van der Waals surface area (Å²) in [5.41, 5.74) is 2.91. The summed E-state index contributed by atoms with van der Waals surface area (Å²) in [5, 5.41) is 7.19. The minimum absolute atomic E-state index is 0.0459. The number of aromatic nitrogens is 2. The van der Waals surface area contributed by atoms with E-state index in [0.717, 1.165) is 48.9 Å². The van der Waals surface area contributed by atoms with Gasteiger partial charge in [0, 0.05) is 43.5 Å². The number of nitrogens with one attached hydrogen (secondary N) is 2. The van der Waals surface area contributed by atoms with Crippen LogP contribution in [-0.2, 0) is 0 Å². The second-order valence-electron chi connectivity index (χ2n) is 7.47. The Labute approximate surface area is 182 Å². The fourth-order valence-corrected chi connectivity index (χ4v) is 3.53. The summed E-state index contributed by atoms with van der Waals surface area (Å²) in [6, 6.07) is 16.1. The third-order valence-corrected chi connectivity index (χ3v) is 5.12. The summed E-state index contributed by atoms with van der Waals surface area (Å²) in [5.74, 6) is 1.94. The van der Waals surface area contributed by atoms with Crippen LogP contribution in [0.4, 0.5) is 17.2 Å². The van der Waals surface area contributed by atoms with Crippen molar-refractivity contribution in [3.63, 3.8) is 0 Å². The maximum Gasteiger partial charge on any atom is 0.161 e. The Balaban J connectivity index is 1.65. The molecule has 1 saturated heterocycles. The molecular weight excluding hydrogens is 398 g/mol. The lowest BCUT2D eigenvalue weighted by Crippen LogP contribution is -2.43. The van der Waals surface area contributed by atoms with Crippen LogP contribution in [0.25, 0.3) is 11.4 Å². The van der Waals surface area contributed by atoms with Gasteiger partial charge in [-0.1, -0.05) is 41.9 Å². The number of piperazine rings is 1. The Kier molecular flexibility index (Phi) is 6.35. The molecule has 1 aliphatic rings. The number of nitrogens with zero attached hydrogens (tertiary/aromatic N) is 3. The van der Waals surface area contributed by atoms with Crippen molar-refractivity contribution in [1.82, 2.24) is 15.3 Å². The molecule has 0 amide bonds. The van der Waals surface area contributed by atoms with Gasteiger partial charge in [0.2, 0.25) is 0 Å². The number of benzene rings is 2. The quantitative estimate of drug-likeness (QED) is 0.597. The molecule has 0 bridgehead atoms. The van der Waals surface area contributed by atoms with Gasteiger partial charge in [-0.05, 0) is 26.0 Å². The molecule has 6 nitrogen and oxygen atoms in total. The lowest BCUT2D eigenvalue weighted by molar-refractivity contribution is 0.244. The van der Waals surface area contributed by atoms with Crippen LogP contribution in [0.5, 0.6) is 5.75 Å². The van der Waals surface area contributed by atoms with Crippen LogP contribution in [-0.4, -0.2) is 42.3 Å². The number of anilines is 3. The lowest BCUT2D eigenvalue weighted by atomic mass is 10.2. The van der Waals surface area contributed by atoms with Crippen molar-refractivity contribution in [2.45, 2.75) is 20.0 Å². The third-order valence-electron chi connectivity index (χ3n) is 4.84.